The average Bonchev–Trinajstić information content (AvgIpc) is 2.73. The summed E-state index contributed by atoms with van der Waals surface area (Å²) in [5.41, 5.74) is 1.86. The third-order valence-corrected chi connectivity index (χ3v) is 7.08. The number of carbonyl (C=O) groups is 2. The molecular formula is C22H26Cl3N3O4S. The number of rotatable bonds is 9. The number of carbonyl (C=O) groups excluding carboxylic acids is 2. The van der Waals surface area contributed by atoms with E-state index in [0.717, 1.165) is 21.7 Å². The van der Waals surface area contributed by atoms with E-state index in [-0.39, 0.29) is 33.2 Å². The van der Waals surface area contributed by atoms with Gasteiger partial charge >= 0.3 is 0 Å². The van der Waals surface area contributed by atoms with Crippen LogP contribution in [0.4, 0.5) is 5.69 Å². The van der Waals surface area contributed by atoms with E-state index in [1.807, 2.05) is 31.2 Å². The predicted molar refractivity (Wildman–Crippen MR) is 134 cm³/mol. The summed E-state index contributed by atoms with van der Waals surface area (Å²) in [4.78, 5) is 27.3. The number of nitrogens with one attached hydrogen (secondary N) is 1. The Morgan fingerprint density at radius 2 is 1.61 bits per heavy atom. The van der Waals surface area contributed by atoms with Gasteiger partial charge in [0.25, 0.3) is 0 Å². The highest BCUT2D eigenvalue weighted by Crippen LogP contribution is 2.35. The Kier molecular flexibility index (Phi) is 9.43. The normalized spacial score (nSPS) is 12.2. The van der Waals surface area contributed by atoms with Crippen molar-refractivity contribution >= 4 is 62.3 Å². The van der Waals surface area contributed by atoms with Gasteiger partial charge in [-0.3, -0.25) is 13.9 Å². The van der Waals surface area contributed by atoms with Gasteiger partial charge in [-0.1, -0.05) is 64.6 Å². The first-order chi connectivity index (χ1) is 15.3. The summed E-state index contributed by atoms with van der Waals surface area (Å²) in [6.45, 7) is 5.23. The Labute approximate surface area is 209 Å². The number of hydrogen-bond donors (Lipinski definition) is 1. The summed E-state index contributed by atoms with van der Waals surface area (Å²) in [6.07, 6.45) is 0.955. The number of sulfonamides is 1. The molecule has 0 heterocycles. The van der Waals surface area contributed by atoms with Crippen LogP contribution in [0.3, 0.4) is 0 Å². The summed E-state index contributed by atoms with van der Waals surface area (Å²) in [5, 5.41) is 2.95. The molecule has 2 amide bonds. The SMILES string of the molecule is CCNC(=O)[C@@H](C)N(Cc1ccc(C)cc1)C(=O)CN(c1cc(Cl)c(Cl)cc1Cl)S(C)(=O)=O. The molecule has 0 saturated carbocycles. The highest BCUT2D eigenvalue weighted by molar-refractivity contribution is 7.92. The molecule has 2 aromatic rings. The first-order valence-corrected chi connectivity index (χ1v) is 13.1. The van der Waals surface area contributed by atoms with Crippen LogP contribution < -0.4 is 9.62 Å². The molecule has 7 nitrogen and oxygen atoms in total. The molecule has 33 heavy (non-hydrogen) atoms. The van der Waals surface area contributed by atoms with Crippen molar-refractivity contribution in [3.8, 4) is 0 Å². The molecule has 2 aromatic carbocycles. The van der Waals surface area contributed by atoms with Crippen LogP contribution in [0.2, 0.25) is 15.1 Å². The fourth-order valence-electron chi connectivity index (χ4n) is 3.09. The molecule has 0 bridgehead atoms. The summed E-state index contributed by atoms with van der Waals surface area (Å²) >= 11 is 18.3. The maximum absolute atomic E-state index is 13.4. The van der Waals surface area contributed by atoms with Crippen LogP contribution in [-0.2, 0) is 26.2 Å². The number of nitrogens with zero attached hydrogens (tertiary/aromatic N) is 2. The largest absolute Gasteiger partial charge is 0.355 e. The second-order valence-corrected chi connectivity index (χ2v) is 10.7. The minimum atomic E-state index is -3.93. The van der Waals surface area contributed by atoms with Crippen LogP contribution in [0.25, 0.3) is 0 Å². The minimum absolute atomic E-state index is 0.0165. The van der Waals surface area contributed by atoms with E-state index in [9.17, 15) is 18.0 Å². The van der Waals surface area contributed by atoms with E-state index in [2.05, 4.69) is 5.32 Å². The van der Waals surface area contributed by atoms with Crippen molar-refractivity contribution in [3.05, 3.63) is 62.6 Å². The van der Waals surface area contributed by atoms with Crippen LogP contribution in [0.1, 0.15) is 25.0 Å². The van der Waals surface area contributed by atoms with E-state index >= 15 is 0 Å². The number of aryl methyl sites for hydroxylation is 1. The molecule has 0 aliphatic carbocycles. The Balaban J connectivity index is 2.44. The summed E-state index contributed by atoms with van der Waals surface area (Å²) < 4.78 is 26.0. The number of likely N-dealkylation sites (N-methyl/N-ethyl adjacent to an activating group) is 1. The zero-order chi connectivity index (χ0) is 24.9. The standard InChI is InChI=1S/C22H26Cl3N3O4S/c1-5-26-22(30)15(3)27(12-16-8-6-14(2)7-9-16)21(29)13-28(33(4,31)32)20-11-18(24)17(23)10-19(20)25/h6-11,15H,5,12-13H2,1-4H3,(H,26,30)/t15-/m1/s1. The van der Waals surface area contributed by atoms with Crippen molar-refractivity contribution in [2.24, 2.45) is 0 Å². The van der Waals surface area contributed by atoms with Crippen LogP contribution in [0.5, 0.6) is 0 Å². The summed E-state index contributed by atoms with van der Waals surface area (Å²) in [7, 11) is -3.93. The Hall–Kier alpha value is -2.00. The molecule has 0 aromatic heterocycles. The summed E-state index contributed by atoms with van der Waals surface area (Å²) in [5.74, 6) is -0.932. The van der Waals surface area contributed by atoms with Crippen molar-refractivity contribution in [3.63, 3.8) is 0 Å². The van der Waals surface area contributed by atoms with Crippen LogP contribution in [0.15, 0.2) is 36.4 Å². The number of hydrogen-bond acceptors (Lipinski definition) is 4. The molecule has 1 N–H and O–H groups in total. The van der Waals surface area contributed by atoms with Gasteiger partial charge in [-0.15, -0.1) is 0 Å². The molecule has 2 rings (SSSR count). The Morgan fingerprint density at radius 3 is 2.15 bits per heavy atom. The quantitative estimate of drug-likeness (QED) is 0.487. The van der Waals surface area contributed by atoms with Gasteiger partial charge < -0.3 is 10.2 Å². The van der Waals surface area contributed by atoms with E-state index in [0.29, 0.717) is 6.54 Å². The second-order valence-electron chi connectivity index (χ2n) is 7.57. The lowest BCUT2D eigenvalue weighted by Crippen LogP contribution is -2.51. The fraction of sp³-hybridized carbons (Fsp3) is 0.364. The lowest BCUT2D eigenvalue weighted by atomic mass is 10.1. The van der Waals surface area contributed by atoms with Gasteiger partial charge in [0, 0.05) is 13.1 Å². The van der Waals surface area contributed by atoms with Crippen molar-refractivity contribution in [2.75, 3.05) is 23.7 Å². The molecule has 0 fully saturated rings. The first kappa shape index (κ1) is 27.2. The van der Waals surface area contributed by atoms with Gasteiger partial charge in [-0.25, -0.2) is 8.42 Å². The Bertz CT molecular complexity index is 1120. The first-order valence-electron chi connectivity index (χ1n) is 10.1. The highest BCUT2D eigenvalue weighted by atomic mass is 35.5. The minimum Gasteiger partial charge on any atom is -0.355 e. The van der Waals surface area contributed by atoms with E-state index < -0.39 is 28.5 Å². The molecule has 0 unspecified atom stereocenters. The topological polar surface area (TPSA) is 86.8 Å². The monoisotopic (exact) mass is 533 g/mol. The molecule has 0 radical (unpaired) electrons. The molecule has 0 aliphatic rings. The van der Waals surface area contributed by atoms with Gasteiger partial charge in [0.05, 0.1) is 27.0 Å². The van der Waals surface area contributed by atoms with Crippen LogP contribution in [-0.4, -0.2) is 50.5 Å². The molecule has 180 valence electrons. The third-order valence-electron chi connectivity index (χ3n) is 4.93. The maximum atomic E-state index is 13.4. The van der Waals surface area contributed by atoms with Crippen LogP contribution in [0, 0.1) is 6.92 Å². The van der Waals surface area contributed by atoms with E-state index in [1.165, 1.54) is 17.0 Å². The fourth-order valence-corrected chi connectivity index (χ4v) is 4.64. The molecule has 1 atom stereocenters. The average molecular weight is 535 g/mol. The van der Waals surface area contributed by atoms with Crippen molar-refractivity contribution in [2.45, 2.75) is 33.4 Å². The van der Waals surface area contributed by atoms with Gasteiger partial charge in [0.2, 0.25) is 21.8 Å². The number of amides is 2. The second kappa shape index (κ2) is 11.4. The van der Waals surface area contributed by atoms with Crippen LogP contribution >= 0.6 is 34.8 Å². The van der Waals surface area contributed by atoms with Gasteiger partial charge in [0.15, 0.2) is 0 Å². The number of benzene rings is 2. The van der Waals surface area contributed by atoms with Crippen molar-refractivity contribution in [1.82, 2.24) is 10.2 Å². The van der Waals surface area contributed by atoms with Crippen molar-refractivity contribution < 1.29 is 18.0 Å². The molecule has 0 spiro atoms. The highest BCUT2D eigenvalue weighted by Gasteiger charge is 2.31. The molecule has 0 saturated heterocycles. The molecular weight excluding hydrogens is 509 g/mol. The zero-order valence-electron chi connectivity index (χ0n) is 18.7. The summed E-state index contributed by atoms with van der Waals surface area (Å²) in [6, 6.07) is 9.25. The van der Waals surface area contributed by atoms with Gasteiger partial charge in [0.1, 0.15) is 12.6 Å². The van der Waals surface area contributed by atoms with E-state index in [4.69, 9.17) is 34.8 Å². The maximum Gasteiger partial charge on any atom is 0.244 e. The zero-order valence-corrected chi connectivity index (χ0v) is 21.8. The Morgan fingerprint density at radius 1 is 1.03 bits per heavy atom. The van der Waals surface area contributed by atoms with Gasteiger partial charge in [-0.2, -0.15) is 0 Å². The smallest absolute Gasteiger partial charge is 0.244 e. The number of halogens is 3. The predicted octanol–water partition coefficient (Wildman–Crippen LogP) is 4.27. The lowest BCUT2D eigenvalue weighted by molar-refractivity contribution is -0.139. The van der Waals surface area contributed by atoms with Crippen molar-refractivity contribution in [1.29, 1.82) is 0 Å². The van der Waals surface area contributed by atoms with E-state index in [1.54, 1.807) is 13.8 Å². The number of anilines is 1. The molecule has 0 aliphatic heterocycles. The lowest BCUT2D eigenvalue weighted by Gasteiger charge is -2.31. The van der Waals surface area contributed by atoms with Gasteiger partial charge in [-0.05, 0) is 38.5 Å². The third kappa shape index (κ3) is 7.24. The molecule has 11 heteroatoms.